The van der Waals surface area contributed by atoms with E-state index >= 15 is 0 Å². The quantitative estimate of drug-likeness (QED) is 0.677. The highest BCUT2D eigenvalue weighted by Gasteiger charge is 2.03. The first kappa shape index (κ1) is 14.9. The number of hydrogen-bond acceptors (Lipinski definition) is 3. The Labute approximate surface area is 134 Å². The molecule has 22 heavy (non-hydrogen) atoms. The van der Waals surface area contributed by atoms with E-state index in [2.05, 4.69) is 58.7 Å². The van der Waals surface area contributed by atoms with Crippen LogP contribution < -0.4 is 0 Å². The van der Waals surface area contributed by atoms with E-state index in [9.17, 15) is 0 Å². The third-order valence-corrected chi connectivity index (χ3v) is 4.47. The van der Waals surface area contributed by atoms with E-state index in [0.29, 0.717) is 0 Å². The van der Waals surface area contributed by atoms with Gasteiger partial charge in [0.05, 0.1) is 12.3 Å². The number of nitrogens with zero attached hydrogens (tertiary/aromatic N) is 1. The molecule has 0 aliphatic carbocycles. The molecule has 4 heteroatoms. The summed E-state index contributed by atoms with van der Waals surface area (Å²) in [5.41, 5.74) is 5.85. The van der Waals surface area contributed by atoms with E-state index in [1.807, 2.05) is 6.07 Å². The molecule has 0 spiro atoms. The molecular weight excluding hydrogens is 292 g/mol. The van der Waals surface area contributed by atoms with Gasteiger partial charge in [0.1, 0.15) is 0 Å². The molecule has 0 radical (unpaired) electrons. The number of thioether (sulfide) groups is 1. The monoisotopic (exact) mass is 310 g/mol. The van der Waals surface area contributed by atoms with Crippen LogP contribution in [0.1, 0.15) is 5.56 Å². The van der Waals surface area contributed by atoms with E-state index in [1.165, 1.54) is 16.7 Å². The van der Waals surface area contributed by atoms with Gasteiger partial charge in [0.15, 0.2) is 0 Å². The van der Waals surface area contributed by atoms with Crippen molar-refractivity contribution in [2.75, 3.05) is 12.4 Å². The molecule has 0 saturated carbocycles. The van der Waals surface area contributed by atoms with Gasteiger partial charge in [0, 0.05) is 23.3 Å². The maximum absolute atomic E-state index is 8.81. The molecule has 0 fully saturated rings. The van der Waals surface area contributed by atoms with E-state index < -0.39 is 0 Å². The van der Waals surface area contributed by atoms with Gasteiger partial charge in [0.2, 0.25) is 0 Å². The second-order valence-corrected chi connectivity index (χ2v) is 6.13. The number of aliphatic hydroxyl groups is 1. The van der Waals surface area contributed by atoms with Gasteiger partial charge in [-0.15, -0.1) is 0 Å². The predicted molar refractivity (Wildman–Crippen MR) is 92.7 cm³/mol. The number of aliphatic hydroxyl groups excluding tert-OH is 1. The third-order valence-electron chi connectivity index (χ3n) is 3.47. The fraction of sp³-hybridized carbons (Fsp3) is 0.167. The van der Waals surface area contributed by atoms with E-state index in [4.69, 9.17) is 5.11 Å². The van der Waals surface area contributed by atoms with Crippen LogP contribution in [0.15, 0.2) is 60.8 Å². The molecule has 1 aromatic heterocycles. The van der Waals surface area contributed by atoms with Crippen LogP contribution in [-0.2, 0) is 5.75 Å². The maximum atomic E-state index is 8.81. The van der Waals surface area contributed by atoms with Crippen molar-refractivity contribution in [1.29, 1.82) is 0 Å². The Kier molecular flexibility index (Phi) is 4.93. The molecule has 3 aromatic rings. The van der Waals surface area contributed by atoms with Crippen LogP contribution in [0.25, 0.3) is 22.4 Å². The molecule has 0 saturated heterocycles. The highest BCUT2D eigenvalue weighted by Crippen LogP contribution is 2.26. The molecule has 0 aliphatic heterocycles. The Bertz CT molecular complexity index is 708. The Balaban J connectivity index is 1.78. The first-order chi connectivity index (χ1) is 10.9. The first-order valence-electron chi connectivity index (χ1n) is 7.24. The van der Waals surface area contributed by atoms with Crippen LogP contribution in [0.4, 0.5) is 0 Å². The zero-order chi connectivity index (χ0) is 15.2. The SMILES string of the molecule is OCCSCc1ccc(-c2cccc(-c3ccn[nH]3)c2)cc1. The lowest BCUT2D eigenvalue weighted by atomic mass is 10.0. The molecule has 0 amide bonds. The van der Waals surface area contributed by atoms with Crippen LogP contribution in [0, 0.1) is 0 Å². The Morgan fingerprint density at radius 1 is 0.955 bits per heavy atom. The number of nitrogens with one attached hydrogen (secondary N) is 1. The summed E-state index contributed by atoms with van der Waals surface area (Å²) in [6.45, 7) is 0.239. The third kappa shape index (κ3) is 3.59. The Morgan fingerprint density at radius 2 is 1.77 bits per heavy atom. The lowest BCUT2D eigenvalue weighted by Crippen LogP contribution is -1.88. The summed E-state index contributed by atoms with van der Waals surface area (Å²) in [5, 5.41) is 15.8. The van der Waals surface area contributed by atoms with E-state index in [0.717, 1.165) is 22.8 Å². The van der Waals surface area contributed by atoms with Crippen molar-refractivity contribution in [2.45, 2.75) is 5.75 Å². The molecule has 112 valence electrons. The summed E-state index contributed by atoms with van der Waals surface area (Å²) in [5.74, 6) is 1.73. The lowest BCUT2D eigenvalue weighted by Gasteiger charge is -2.06. The Morgan fingerprint density at radius 3 is 2.50 bits per heavy atom. The van der Waals surface area contributed by atoms with Crippen molar-refractivity contribution in [3.8, 4) is 22.4 Å². The van der Waals surface area contributed by atoms with Crippen molar-refractivity contribution in [1.82, 2.24) is 10.2 Å². The smallest absolute Gasteiger partial charge is 0.0650 e. The van der Waals surface area contributed by atoms with Gasteiger partial charge in [-0.1, -0.05) is 42.5 Å². The summed E-state index contributed by atoms with van der Waals surface area (Å²) in [7, 11) is 0. The number of hydrogen-bond donors (Lipinski definition) is 2. The van der Waals surface area contributed by atoms with Gasteiger partial charge in [-0.25, -0.2) is 0 Å². The lowest BCUT2D eigenvalue weighted by molar-refractivity contribution is 0.322. The van der Waals surface area contributed by atoms with Crippen LogP contribution in [0.3, 0.4) is 0 Å². The second-order valence-electron chi connectivity index (χ2n) is 5.02. The van der Waals surface area contributed by atoms with E-state index in [-0.39, 0.29) is 6.61 Å². The number of aromatic amines is 1. The summed E-state index contributed by atoms with van der Waals surface area (Å²) in [4.78, 5) is 0. The molecule has 1 heterocycles. The van der Waals surface area contributed by atoms with Crippen molar-refractivity contribution in [3.05, 3.63) is 66.4 Å². The topological polar surface area (TPSA) is 48.9 Å². The summed E-state index contributed by atoms with van der Waals surface area (Å²) < 4.78 is 0. The maximum Gasteiger partial charge on any atom is 0.0650 e. The summed E-state index contributed by atoms with van der Waals surface area (Å²) in [6, 6.07) is 19.0. The van der Waals surface area contributed by atoms with Gasteiger partial charge in [0.25, 0.3) is 0 Å². The van der Waals surface area contributed by atoms with Gasteiger partial charge < -0.3 is 5.11 Å². The van der Waals surface area contributed by atoms with Gasteiger partial charge in [-0.3, -0.25) is 5.10 Å². The van der Waals surface area contributed by atoms with Crippen LogP contribution in [0.2, 0.25) is 0 Å². The zero-order valence-electron chi connectivity index (χ0n) is 12.2. The summed E-state index contributed by atoms with van der Waals surface area (Å²) >= 11 is 1.75. The first-order valence-corrected chi connectivity index (χ1v) is 8.40. The molecule has 0 bridgehead atoms. The molecule has 0 atom stereocenters. The summed E-state index contributed by atoms with van der Waals surface area (Å²) in [6.07, 6.45) is 1.76. The van der Waals surface area contributed by atoms with Gasteiger partial charge >= 0.3 is 0 Å². The minimum absolute atomic E-state index is 0.239. The average Bonchev–Trinajstić information content (AvgIpc) is 3.10. The second kappa shape index (κ2) is 7.29. The Hall–Kier alpha value is -2.04. The van der Waals surface area contributed by atoms with Crippen LogP contribution in [-0.4, -0.2) is 27.7 Å². The predicted octanol–water partition coefficient (Wildman–Crippen LogP) is 3.97. The van der Waals surface area contributed by atoms with Crippen molar-refractivity contribution in [3.63, 3.8) is 0 Å². The molecule has 2 aromatic carbocycles. The van der Waals surface area contributed by atoms with E-state index in [1.54, 1.807) is 18.0 Å². The van der Waals surface area contributed by atoms with Gasteiger partial charge in [-0.2, -0.15) is 16.9 Å². The minimum atomic E-state index is 0.239. The molecule has 3 nitrogen and oxygen atoms in total. The molecule has 0 aliphatic rings. The largest absolute Gasteiger partial charge is 0.396 e. The fourth-order valence-corrected chi connectivity index (χ4v) is 3.03. The fourth-order valence-electron chi connectivity index (χ4n) is 2.33. The molecule has 3 rings (SSSR count). The van der Waals surface area contributed by atoms with Crippen molar-refractivity contribution < 1.29 is 5.11 Å². The minimum Gasteiger partial charge on any atom is -0.396 e. The number of benzene rings is 2. The van der Waals surface area contributed by atoms with Crippen LogP contribution >= 0.6 is 11.8 Å². The van der Waals surface area contributed by atoms with Crippen molar-refractivity contribution >= 4 is 11.8 Å². The molecule has 0 unspecified atom stereocenters. The highest BCUT2D eigenvalue weighted by molar-refractivity contribution is 7.98. The number of aromatic nitrogens is 2. The van der Waals surface area contributed by atoms with Gasteiger partial charge in [-0.05, 0) is 28.8 Å². The van der Waals surface area contributed by atoms with Crippen LogP contribution in [0.5, 0.6) is 0 Å². The van der Waals surface area contributed by atoms with Crippen molar-refractivity contribution in [2.24, 2.45) is 0 Å². The number of H-pyrrole nitrogens is 1. The normalized spacial score (nSPS) is 10.8. The number of rotatable bonds is 6. The molecule has 2 N–H and O–H groups in total. The molecular formula is C18H18N2OS. The zero-order valence-corrected chi connectivity index (χ0v) is 13.0. The standard InChI is InChI=1S/C18H18N2OS/c21-10-11-22-13-14-4-6-15(7-5-14)16-2-1-3-17(12-16)18-8-9-19-20-18/h1-9,12,21H,10-11,13H2,(H,19,20). The highest BCUT2D eigenvalue weighted by atomic mass is 32.2. The average molecular weight is 310 g/mol.